The molecule has 0 radical (unpaired) electrons. The number of anilines is 1. The lowest BCUT2D eigenvalue weighted by Crippen LogP contribution is -2.25. The Balaban J connectivity index is 1.77. The molecule has 2 N–H and O–H groups in total. The van der Waals surface area contributed by atoms with Gasteiger partial charge in [-0.3, -0.25) is 4.72 Å². The molecule has 0 atom stereocenters. The summed E-state index contributed by atoms with van der Waals surface area (Å²) in [7, 11) is -5.90. The first-order chi connectivity index (χ1) is 11.8. The van der Waals surface area contributed by atoms with Crippen LogP contribution in [0.1, 0.15) is 12.8 Å². The molecular formula is C16H18N2O5S2. The first kappa shape index (κ1) is 17.7. The van der Waals surface area contributed by atoms with E-state index >= 15 is 0 Å². The summed E-state index contributed by atoms with van der Waals surface area (Å²) in [5, 5.41) is 0. The van der Waals surface area contributed by atoms with Gasteiger partial charge in [-0.25, -0.2) is 21.6 Å². The van der Waals surface area contributed by atoms with Crippen molar-refractivity contribution in [3.8, 4) is 5.75 Å². The molecule has 1 aliphatic rings. The Hall–Kier alpha value is -2.10. The fourth-order valence-corrected chi connectivity index (χ4v) is 4.52. The van der Waals surface area contributed by atoms with Crippen LogP contribution in [0.25, 0.3) is 0 Å². The summed E-state index contributed by atoms with van der Waals surface area (Å²) in [6.45, 7) is 0. The number of rotatable bonds is 7. The van der Waals surface area contributed by atoms with Crippen molar-refractivity contribution in [3.63, 3.8) is 0 Å². The Labute approximate surface area is 147 Å². The zero-order valence-corrected chi connectivity index (χ0v) is 15.1. The highest BCUT2D eigenvalue weighted by Crippen LogP contribution is 2.23. The summed E-state index contributed by atoms with van der Waals surface area (Å²) in [6, 6.07) is 11.5. The van der Waals surface area contributed by atoms with Gasteiger partial charge in [-0.05, 0) is 61.4 Å². The highest BCUT2D eigenvalue weighted by molar-refractivity contribution is 7.92. The number of sulfonamides is 2. The van der Waals surface area contributed by atoms with Gasteiger partial charge in [-0.1, -0.05) is 0 Å². The molecule has 3 rings (SSSR count). The lowest BCUT2D eigenvalue weighted by molar-refractivity contribution is 0.415. The quantitative estimate of drug-likeness (QED) is 0.762. The SMILES string of the molecule is COc1ccc(NS(=O)(=O)c2ccc(S(=O)(=O)NC3CC3)cc2)cc1. The van der Waals surface area contributed by atoms with Crippen LogP contribution in [0.3, 0.4) is 0 Å². The molecule has 134 valence electrons. The van der Waals surface area contributed by atoms with Crippen LogP contribution >= 0.6 is 0 Å². The molecule has 25 heavy (non-hydrogen) atoms. The normalized spacial score (nSPS) is 14.9. The van der Waals surface area contributed by atoms with Crippen LogP contribution in [-0.2, 0) is 20.0 Å². The van der Waals surface area contributed by atoms with Gasteiger partial charge in [0.25, 0.3) is 10.0 Å². The third-order valence-corrected chi connectivity index (χ3v) is 6.62. The maximum atomic E-state index is 12.4. The van der Waals surface area contributed by atoms with Crippen molar-refractivity contribution in [3.05, 3.63) is 48.5 Å². The fraction of sp³-hybridized carbons (Fsp3) is 0.250. The van der Waals surface area contributed by atoms with Crippen molar-refractivity contribution in [2.24, 2.45) is 0 Å². The van der Waals surface area contributed by atoms with Crippen molar-refractivity contribution in [1.82, 2.24) is 4.72 Å². The summed E-state index contributed by atoms with van der Waals surface area (Å²) < 4.78 is 59.0. The van der Waals surface area contributed by atoms with Gasteiger partial charge in [0.1, 0.15) is 5.75 Å². The van der Waals surface area contributed by atoms with Crippen molar-refractivity contribution >= 4 is 25.7 Å². The van der Waals surface area contributed by atoms with Gasteiger partial charge in [-0.2, -0.15) is 0 Å². The van der Waals surface area contributed by atoms with E-state index in [0.717, 1.165) is 12.8 Å². The van der Waals surface area contributed by atoms with Gasteiger partial charge in [-0.15, -0.1) is 0 Å². The number of hydrogen-bond acceptors (Lipinski definition) is 5. The van der Waals surface area contributed by atoms with E-state index in [2.05, 4.69) is 9.44 Å². The smallest absolute Gasteiger partial charge is 0.261 e. The molecule has 0 unspecified atom stereocenters. The number of benzene rings is 2. The summed E-state index contributed by atoms with van der Waals surface area (Å²) in [6.07, 6.45) is 1.66. The standard InChI is InChI=1S/C16H18N2O5S2/c1-23-14-6-4-13(5-7-14)18-25(21,22)16-10-8-15(9-11-16)24(19,20)17-12-2-3-12/h4-12,17-18H,2-3H2,1H3. The van der Waals surface area contributed by atoms with E-state index in [1.807, 2.05) is 0 Å². The first-order valence-corrected chi connectivity index (χ1v) is 10.6. The summed E-state index contributed by atoms with van der Waals surface area (Å²) in [5.74, 6) is 0.612. The highest BCUT2D eigenvalue weighted by Gasteiger charge is 2.28. The molecule has 0 aromatic heterocycles. The maximum absolute atomic E-state index is 12.4. The number of nitrogens with one attached hydrogen (secondary N) is 2. The Kier molecular flexibility index (Phi) is 4.72. The van der Waals surface area contributed by atoms with Gasteiger partial charge >= 0.3 is 0 Å². The minimum Gasteiger partial charge on any atom is -0.497 e. The molecule has 0 bridgehead atoms. The summed E-state index contributed by atoms with van der Waals surface area (Å²) >= 11 is 0. The molecule has 2 aromatic carbocycles. The second kappa shape index (κ2) is 6.66. The topological polar surface area (TPSA) is 102 Å². The zero-order chi connectivity index (χ0) is 18.1. The number of methoxy groups -OCH3 is 1. The lowest BCUT2D eigenvalue weighted by atomic mass is 10.3. The number of ether oxygens (including phenoxy) is 1. The largest absolute Gasteiger partial charge is 0.497 e. The third-order valence-electron chi connectivity index (χ3n) is 3.69. The van der Waals surface area contributed by atoms with E-state index in [1.165, 1.54) is 31.4 Å². The predicted molar refractivity (Wildman–Crippen MR) is 93.6 cm³/mol. The molecule has 0 aliphatic heterocycles. The summed E-state index contributed by atoms with van der Waals surface area (Å²) in [5.41, 5.74) is 0.382. The monoisotopic (exact) mass is 382 g/mol. The third kappa shape index (κ3) is 4.30. The van der Waals surface area contributed by atoms with Crippen molar-refractivity contribution in [2.45, 2.75) is 28.7 Å². The van der Waals surface area contributed by atoms with E-state index in [9.17, 15) is 16.8 Å². The van der Waals surface area contributed by atoms with Crippen molar-refractivity contribution < 1.29 is 21.6 Å². The molecule has 0 spiro atoms. The Morgan fingerprint density at radius 1 is 0.840 bits per heavy atom. The second-order valence-corrected chi connectivity index (χ2v) is 9.10. The molecule has 2 aromatic rings. The van der Waals surface area contributed by atoms with Gasteiger partial charge in [0.2, 0.25) is 10.0 Å². The summed E-state index contributed by atoms with van der Waals surface area (Å²) in [4.78, 5) is 0.0245. The molecule has 0 saturated heterocycles. The molecule has 1 saturated carbocycles. The molecular weight excluding hydrogens is 364 g/mol. The van der Waals surface area contributed by atoms with Crippen LogP contribution in [-0.4, -0.2) is 30.0 Å². The zero-order valence-electron chi connectivity index (χ0n) is 13.5. The van der Waals surface area contributed by atoms with E-state index in [4.69, 9.17) is 4.74 Å². The predicted octanol–water partition coefficient (Wildman–Crippen LogP) is 1.94. The molecule has 9 heteroatoms. The Morgan fingerprint density at radius 3 is 1.84 bits per heavy atom. The number of hydrogen-bond donors (Lipinski definition) is 2. The fourth-order valence-electron chi connectivity index (χ4n) is 2.16. The van der Waals surface area contributed by atoms with Gasteiger partial charge in [0, 0.05) is 11.7 Å². The molecule has 0 heterocycles. The van der Waals surface area contributed by atoms with Crippen LogP contribution < -0.4 is 14.2 Å². The molecule has 1 aliphatic carbocycles. The van der Waals surface area contributed by atoms with Crippen molar-refractivity contribution in [1.29, 1.82) is 0 Å². The second-order valence-electron chi connectivity index (χ2n) is 5.70. The maximum Gasteiger partial charge on any atom is 0.261 e. The van der Waals surface area contributed by atoms with E-state index in [1.54, 1.807) is 24.3 Å². The average molecular weight is 382 g/mol. The Morgan fingerprint density at radius 2 is 1.36 bits per heavy atom. The first-order valence-electron chi connectivity index (χ1n) is 7.59. The lowest BCUT2D eigenvalue weighted by Gasteiger charge is -2.10. The van der Waals surface area contributed by atoms with Crippen molar-refractivity contribution in [2.75, 3.05) is 11.8 Å². The highest BCUT2D eigenvalue weighted by atomic mass is 32.2. The van der Waals surface area contributed by atoms with Gasteiger partial charge < -0.3 is 4.74 Å². The minimum atomic E-state index is -3.81. The average Bonchev–Trinajstić information content (AvgIpc) is 3.39. The van der Waals surface area contributed by atoms with Crippen LogP contribution in [0.15, 0.2) is 58.3 Å². The molecule has 0 amide bonds. The Bertz CT molecular complexity index is 949. The van der Waals surface area contributed by atoms with Gasteiger partial charge in [0.15, 0.2) is 0 Å². The van der Waals surface area contributed by atoms with E-state index in [0.29, 0.717) is 11.4 Å². The van der Waals surface area contributed by atoms with Crippen LogP contribution in [0.4, 0.5) is 5.69 Å². The van der Waals surface area contributed by atoms with E-state index in [-0.39, 0.29) is 15.8 Å². The molecule has 1 fully saturated rings. The minimum absolute atomic E-state index is 0.00912. The van der Waals surface area contributed by atoms with Crippen LogP contribution in [0.2, 0.25) is 0 Å². The van der Waals surface area contributed by atoms with Crippen LogP contribution in [0, 0.1) is 0 Å². The van der Waals surface area contributed by atoms with Crippen LogP contribution in [0.5, 0.6) is 5.75 Å². The van der Waals surface area contributed by atoms with E-state index < -0.39 is 20.0 Å². The van der Waals surface area contributed by atoms with Gasteiger partial charge in [0.05, 0.1) is 16.9 Å². The molecule has 7 nitrogen and oxygen atoms in total.